The summed E-state index contributed by atoms with van der Waals surface area (Å²) in [7, 11) is 1.84. The van der Waals surface area contributed by atoms with Gasteiger partial charge in [0, 0.05) is 25.5 Å². The summed E-state index contributed by atoms with van der Waals surface area (Å²) < 4.78 is 4.15. The van der Waals surface area contributed by atoms with Crippen molar-refractivity contribution in [2.24, 2.45) is 0 Å². The third-order valence-corrected chi connectivity index (χ3v) is 4.58. The molecule has 136 valence electrons. The topological polar surface area (TPSA) is 72.9 Å². The lowest BCUT2D eigenvalue weighted by atomic mass is 10.2. The highest BCUT2D eigenvalue weighted by Gasteiger charge is 2.18. The van der Waals surface area contributed by atoms with Crippen molar-refractivity contribution >= 4 is 11.5 Å². The number of aromatic nitrogens is 6. The van der Waals surface area contributed by atoms with Crippen molar-refractivity contribution in [1.29, 1.82) is 0 Å². The number of aryl methyl sites for hydroxylation is 2. The Hall–Kier alpha value is -2.96. The number of imidazole rings is 1. The van der Waals surface area contributed by atoms with E-state index in [9.17, 15) is 0 Å². The van der Waals surface area contributed by atoms with Gasteiger partial charge in [-0.15, -0.1) is 10.2 Å². The summed E-state index contributed by atoms with van der Waals surface area (Å²) >= 11 is 0. The summed E-state index contributed by atoms with van der Waals surface area (Å²) in [5.74, 6) is 2.35. The summed E-state index contributed by atoms with van der Waals surface area (Å²) in [6.45, 7) is 10.9. The molecule has 7 heteroatoms. The number of nitrogens with zero attached hydrogens (tertiary/aromatic N) is 6. The van der Waals surface area contributed by atoms with E-state index in [1.54, 1.807) is 0 Å². The first kappa shape index (κ1) is 17.8. The zero-order valence-corrected chi connectivity index (χ0v) is 16.2. The predicted octanol–water partition coefficient (Wildman–Crippen LogP) is 3.48. The van der Waals surface area contributed by atoms with E-state index < -0.39 is 0 Å². The molecular formula is C19H25N7. The van der Waals surface area contributed by atoms with Crippen LogP contribution in [0.4, 0.5) is 5.82 Å². The lowest BCUT2D eigenvalue weighted by Crippen LogP contribution is -2.07. The van der Waals surface area contributed by atoms with Gasteiger partial charge in [0.05, 0.1) is 5.69 Å². The summed E-state index contributed by atoms with van der Waals surface area (Å²) in [6, 6.07) is 0. The number of hydrogen-bond acceptors (Lipinski definition) is 5. The van der Waals surface area contributed by atoms with Gasteiger partial charge < -0.3 is 9.88 Å². The van der Waals surface area contributed by atoms with Crippen LogP contribution in [-0.2, 0) is 6.54 Å². The van der Waals surface area contributed by atoms with Gasteiger partial charge in [-0.05, 0) is 40.2 Å². The van der Waals surface area contributed by atoms with Crippen LogP contribution in [0.25, 0.3) is 17.2 Å². The molecule has 0 aliphatic rings. The van der Waals surface area contributed by atoms with Gasteiger partial charge in [0.15, 0.2) is 11.6 Å². The standard InChI is InChI=1S/C19H25N7/c1-7-9-15(8-2)10-25-13(4)12(3)21-18(25)16-11-26-14(5)23-24-19(26)17(20-6)22-16/h7-9,11H,10H2,1-6H3,(H,20,22)/b9-7-,15-8+. The Morgan fingerprint density at radius 1 is 1.15 bits per heavy atom. The zero-order valence-electron chi connectivity index (χ0n) is 16.2. The number of nitrogens with one attached hydrogen (secondary N) is 1. The van der Waals surface area contributed by atoms with Crippen molar-refractivity contribution < 1.29 is 0 Å². The molecule has 0 fully saturated rings. The first-order chi connectivity index (χ1) is 12.5. The number of rotatable bonds is 5. The molecule has 3 aromatic rings. The van der Waals surface area contributed by atoms with Crippen molar-refractivity contribution in [3.05, 3.63) is 47.2 Å². The van der Waals surface area contributed by atoms with E-state index in [0.717, 1.165) is 35.3 Å². The van der Waals surface area contributed by atoms with Crippen molar-refractivity contribution in [2.45, 2.75) is 41.2 Å². The molecule has 0 aliphatic carbocycles. The van der Waals surface area contributed by atoms with E-state index in [1.807, 2.05) is 38.4 Å². The van der Waals surface area contributed by atoms with Crippen molar-refractivity contribution in [1.82, 2.24) is 29.1 Å². The Kier molecular flexibility index (Phi) is 4.88. The van der Waals surface area contributed by atoms with Crippen molar-refractivity contribution in [3.63, 3.8) is 0 Å². The molecule has 0 bridgehead atoms. The van der Waals surface area contributed by atoms with Crippen LogP contribution in [0, 0.1) is 20.8 Å². The van der Waals surface area contributed by atoms with Crippen LogP contribution in [0.15, 0.2) is 30.0 Å². The second-order valence-electron chi connectivity index (χ2n) is 6.22. The van der Waals surface area contributed by atoms with Gasteiger partial charge in [0.2, 0.25) is 5.65 Å². The average molecular weight is 351 g/mol. The molecule has 0 atom stereocenters. The molecule has 0 aliphatic heterocycles. The quantitative estimate of drug-likeness (QED) is 0.713. The van der Waals surface area contributed by atoms with Crippen LogP contribution in [0.2, 0.25) is 0 Å². The highest BCUT2D eigenvalue weighted by atomic mass is 15.3. The van der Waals surface area contributed by atoms with Gasteiger partial charge in [-0.1, -0.05) is 18.2 Å². The molecule has 0 saturated carbocycles. The maximum atomic E-state index is 4.79. The lowest BCUT2D eigenvalue weighted by molar-refractivity contribution is 0.771. The van der Waals surface area contributed by atoms with Gasteiger partial charge in [0.25, 0.3) is 0 Å². The maximum absolute atomic E-state index is 4.79. The Morgan fingerprint density at radius 2 is 1.92 bits per heavy atom. The number of anilines is 1. The number of fused-ring (bicyclic) bond motifs is 1. The second kappa shape index (κ2) is 7.11. The van der Waals surface area contributed by atoms with Crippen LogP contribution in [0.3, 0.4) is 0 Å². The molecule has 1 N–H and O–H groups in total. The fourth-order valence-corrected chi connectivity index (χ4v) is 2.96. The SMILES string of the molecule is C/C=C\C(=C/C)Cn1c(-c2cn3c(C)nnc3c(NC)n2)nc(C)c1C. The summed E-state index contributed by atoms with van der Waals surface area (Å²) in [5, 5.41) is 11.5. The monoisotopic (exact) mass is 351 g/mol. The molecule has 26 heavy (non-hydrogen) atoms. The van der Waals surface area contributed by atoms with Crippen LogP contribution in [0.1, 0.15) is 31.1 Å². The molecular weight excluding hydrogens is 326 g/mol. The van der Waals surface area contributed by atoms with Gasteiger partial charge in [0.1, 0.15) is 11.5 Å². The van der Waals surface area contributed by atoms with E-state index in [0.29, 0.717) is 11.5 Å². The van der Waals surface area contributed by atoms with Gasteiger partial charge in [-0.2, -0.15) is 0 Å². The predicted molar refractivity (Wildman–Crippen MR) is 104 cm³/mol. The largest absolute Gasteiger partial charge is 0.370 e. The molecule has 0 saturated heterocycles. The molecule has 0 amide bonds. The van der Waals surface area contributed by atoms with Crippen molar-refractivity contribution in [3.8, 4) is 11.5 Å². The Balaban J connectivity index is 2.20. The minimum absolute atomic E-state index is 0.688. The van der Waals surface area contributed by atoms with Gasteiger partial charge >= 0.3 is 0 Å². The zero-order chi connectivity index (χ0) is 18.8. The summed E-state index contributed by atoms with van der Waals surface area (Å²) in [6.07, 6.45) is 8.25. The second-order valence-corrected chi connectivity index (χ2v) is 6.22. The molecule has 0 unspecified atom stereocenters. The first-order valence-corrected chi connectivity index (χ1v) is 8.72. The van der Waals surface area contributed by atoms with Crippen LogP contribution in [-0.4, -0.2) is 36.2 Å². The van der Waals surface area contributed by atoms with Gasteiger partial charge in [-0.3, -0.25) is 4.40 Å². The molecule has 7 nitrogen and oxygen atoms in total. The van der Waals surface area contributed by atoms with E-state index in [2.05, 4.69) is 52.2 Å². The van der Waals surface area contributed by atoms with Crippen LogP contribution < -0.4 is 5.32 Å². The highest BCUT2D eigenvalue weighted by Crippen LogP contribution is 2.25. The van der Waals surface area contributed by atoms with Crippen molar-refractivity contribution in [2.75, 3.05) is 12.4 Å². The minimum Gasteiger partial charge on any atom is -0.370 e. The third kappa shape index (κ3) is 3.00. The van der Waals surface area contributed by atoms with E-state index >= 15 is 0 Å². The Morgan fingerprint density at radius 3 is 2.58 bits per heavy atom. The van der Waals surface area contributed by atoms with Gasteiger partial charge in [-0.25, -0.2) is 9.97 Å². The summed E-state index contributed by atoms with van der Waals surface area (Å²) in [4.78, 5) is 9.53. The fraction of sp³-hybridized carbons (Fsp3) is 0.368. The van der Waals surface area contributed by atoms with Crippen LogP contribution in [0.5, 0.6) is 0 Å². The summed E-state index contributed by atoms with van der Waals surface area (Å²) in [5.41, 5.74) is 4.87. The molecule has 3 heterocycles. The fourth-order valence-electron chi connectivity index (χ4n) is 2.96. The van der Waals surface area contributed by atoms with E-state index in [4.69, 9.17) is 9.97 Å². The molecule has 0 spiro atoms. The minimum atomic E-state index is 0.688. The Labute approximate surface area is 153 Å². The van der Waals surface area contributed by atoms with Crippen LogP contribution >= 0.6 is 0 Å². The Bertz CT molecular complexity index is 1000. The maximum Gasteiger partial charge on any atom is 0.203 e. The molecule has 3 aromatic heterocycles. The third-order valence-electron chi connectivity index (χ3n) is 4.58. The molecule has 3 rings (SSSR count). The number of allylic oxidation sites excluding steroid dienone is 4. The smallest absolute Gasteiger partial charge is 0.203 e. The number of hydrogen-bond donors (Lipinski definition) is 1. The average Bonchev–Trinajstić information content (AvgIpc) is 3.15. The lowest BCUT2D eigenvalue weighted by Gasteiger charge is -2.12. The van der Waals surface area contributed by atoms with E-state index in [1.165, 1.54) is 5.57 Å². The van der Waals surface area contributed by atoms with E-state index in [-0.39, 0.29) is 0 Å². The first-order valence-electron chi connectivity index (χ1n) is 8.72. The molecule has 0 radical (unpaired) electrons. The molecule has 0 aromatic carbocycles. The normalized spacial score (nSPS) is 12.5. The highest BCUT2D eigenvalue weighted by molar-refractivity contribution is 5.67.